The van der Waals surface area contributed by atoms with Gasteiger partial charge in [0, 0.05) is 67.7 Å². The van der Waals surface area contributed by atoms with Gasteiger partial charge in [0.1, 0.15) is 16.9 Å². The topological polar surface area (TPSA) is 65.1 Å². The van der Waals surface area contributed by atoms with Crippen molar-refractivity contribution in [2.45, 2.75) is 69.9 Å². The van der Waals surface area contributed by atoms with Crippen LogP contribution in [0, 0.1) is 0 Å². The smallest absolute Gasteiger partial charge is 0.254 e. The number of para-hydroxylation sites is 2. The van der Waals surface area contributed by atoms with E-state index in [4.69, 9.17) is 4.74 Å². The number of carbonyl (C=O) groups is 2. The highest BCUT2D eigenvalue weighted by Crippen LogP contribution is 2.50. The third-order valence-corrected chi connectivity index (χ3v) is 10.3. The number of piperazine rings is 1. The van der Waals surface area contributed by atoms with Gasteiger partial charge in [0.25, 0.3) is 5.91 Å². The minimum absolute atomic E-state index is 0.0428. The molecule has 7 rings (SSSR count). The molecule has 0 aromatic heterocycles. The van der Waals surface area contributed by atoms with Gasteiger partial charge in [-0.1, -0.05) is 61.7 Å². The summed E-state index contributed by atoms with van der Waals surface area (Å²) in [4.78, 5) is 34.4. The third kappa shape index (κ3) is 5.15. The maximum Gasteiger partial charge on any atom is 0.254 e. The van der Waals surface area contributed by atoms with Crippen LogP contribution in [0.3, 0.4) is 0 Å². The van der Waals surface area contributed by atoms with E-state index in [0.717, 1.165) is 92.4 Å². The number of hydrogen-bond acceptors (Lipinski definition) is 5. The van der Waals surface area contributed by atoms with Gasteiger partial charge in [-0.25, -0.2) is 0 Å². The number of fused-ring (bicyclic) bond motifs is 3. The molecule has 1 saturated carbocycles. The third-order valence-electron chi connectivity index (χ3n) is 10.3. The minimum atomic E-state index is -0.786. The number of carbonyl (C=O) groups excluding carboxylic acids is 2. The first-order valence-corrected chi connectivity index (χ1v) is 16.6. The summed E-state index contributed by atoms with van der Waals surface area (Å²) >= 11 is 0. The Hall–Kier alpha value is -3.84. The molecule has 1 saturated heterocycles. The highest BCUT2D eigenvalue weighted by molar-refractivity contribution is 5.99. The van der Waals surface area contributed by atoms with Gasteiger partial charge < -0.3 is 19.9 Å². The van der Waals surface area contributed by atoms with Crippen LogP contribution in [0.4, 0.5) is 5.69 Å². The Morgan fingerprint density at radius 1 is 0.909 bits per heavy atom. The molecule has 0 spiro atoms. The molecular weight excluding hydrogens is 548 g/mol. The average Bonchev–Trinajstić information content (AvgIpc) is 3.40. The standard InChI is InChI=1S/C37H44N4O3/c1-2-38-36(43)37(31-13-6-8-15-33(31)44-34-16-9-7-14-32(34)37)19-10-20-39-21-23-40(24-22-39)29-18-17-27-26-41(35(42)30(27)25-29)28-11-4-3-5-12-28/h6-9,13-18,25,28H,2-5,10-12,19-24,26H2,1H3,(H,38,43). The lowest BCUT2D eigenvalue weighted by molar-refractivity contribution is -0.125. The van der Waals surface area contributed by atoms with E-state index in [1.807, 2.05) is 43.3 Å². The minimum Gasteiger partial charge on any atom is -0.457 e. The second-order valence-electron chi connectivity index (χ2n) is 12.9. The van der Waals surface area contributed by atoms with Crippen LogP contribution in [0.5, 0.6) is 11.5 Å². The van der Waals surface area contributed by atoms with Crippen molar-refractivity contribution in [1.29, 1.82) is 0 Å². The van der Waals surface area contributed by atoms with Gasteiger partial charge in [0.2, 0.25) is 5.91 Å². The van der Waals surface area contributed by atoms with E-state index in [2.05, 4.69) is 50.3 Å². The number of nitrogens with zero attached hydrogens (tertiary/aromatic N) is 3. The maximum atomic E-state index is 13.9. The zero-order valence-corrected chi connectivity index (χ0v) is 25.9. The summed E-state index contributed by atoms with van der Waals surface area (Å²) in [7, 11) is 0. The van der Waals surface area contributed by atoms with Gasteiger partial charge in [-0.2, -0.15) is 0 Å². The van der Waals surface area contributed by atoms with Crippen molar-refractivity contribution in [2.75, 3.05) is 44.2 Å². The van der Waals surface area contributed by atoms with Gasteiger partial charge >= 0.3 is 0 Å². The summed E-state index contributed by atoms with van der Waals surface area (Å²) in [5, 5.41) is 3.15. The van der Waals surface area contributed by atoms with Crippen molar-refractivity contribution in [3.63, 3.8) is 0 Å². The largest absolute Gasteiger partial charge is 0.457 e. The molecule has 0 atom stereocenters. The Bertz CT molecular complexity index is 1480. The molecule has 0 bridgehead atoms. The summed E-state index contributed by atoms with van der Waals surface area (Å²) in [5.41, 5.74) is 4.35. The first-order valence-electron chi connectivity index (χ1n) is 16.6. The van der Waals surface area contributed by atoms with Gasteiger partial charge in [-0.05, 0) is 69.0 Å². The molecule has 1 aliphatic carbocycles. The number of ether oxygens (including phenoxy) is 1. The molecule has 3 aliphatic heterocycles. The molecule has 0 unspecified atom stereocenters. The summed E-state index contributed by atoms with van der Waals surface area (Å²) in [6, 6.07) is 22.9. The molecule has 44 heavy (non-hydrogen) atoms. The van der Waals surface area contributed by atoms with Crippen molar-refractivity contribution in [2.24, 2.45) is 0 Å². The predicted octanol–water partition coefficient (Wildman–Crippen LogP) is 6.11. The van der Waals surface area contributed by atoms with Gasteiger partial charge in [0.15, 0.2) is 0 Å². The maximum absolute atomic E-state index is 13.9. The molecule has 4 aliphatic rings. The zero-order chi connectivity index (χ0) is 30.1. The Kier molecular flexibility index (Phi) is 8.06. The fraction of sp³-hybridized carbons (Fsp3) is 0.459. The molecule has 230 valence electrons. The molecule has 2 fully saturated rings. The molecule has 1 N–H and O–H groups in total. The van der Waals surface area contributed by atoms with Crippen molar-refractivity contribution < 1.29 is 14.3 Å². The van der Waals surface area contributed by atoms with E-state index in [9.17, 15) is 9.59 Å². The normalized spacial score (nSPS) is 19.6. The Morgan fingerprint density at radius 3 is 2.27 bits per heavy atom. The predicted molar refractivity (Wildman–Crippen MR) is 173 cm³/mol. The van der Waals surface area contributed by atoms with E-state index in [1.54, 1.807) is 0 Å². The van der Waals surface area contributed by atoms with Gasteiger partial charge in [0.05, 0.1) is 0 Å². The Morgan fingerprint density at radius 2 is 1.59 bits per heavy atom. The fourth-order valence-corrected chi connectivity index (χ4v) is 8.01. The van der Waals surface area contributed by atoms with Crippen LogP contribution >= 0.6 is 0 Å². The van der Waals surface area contributed by atoms with Crippen molar-refractivity contribution in [1.82, 2.24) is 15.1 Å². The van der Waals surface area contributed by atoms with E-state index in [-0.39, 0.29) is 11.8 Å². The lowest BCUT2D eigenvalue weighted by Gasteiger charge is -2.40. The molecule has 7 heteroatoms. The van der Waals surface area contributed by atoms with Crippen molar-refractivity contribution in [3.8, 4) is 11.5 Å². The van der Waals surface area contributed by atoms with E-state index < -0.39 is 5.41 Å². The van der Waals surface area contributed by atoms with Crippen molar-refractivity contribution in [3.05, 3.63) is 89.0 Å². The Labute approximate surface area is 261 Å². The molecular formula is C37H44N4O3. The highest BCUT2D eigenvalue weighted by Gasteiger charge is 2.47. The molecule has 3 heterocycles. The lowest BCUT2D eigenvalue weighted by Crippen LogP contribution is -2.49. The van der Waals surface area contributed by atoms with Crippen molar-refractivity contribution >= 4 is 17.5 Å². The zero-order valence-electron chi connectivity index (χ0n) is 25.9. The number of anilines is 1. The quantitative estimate of drug-likeness (QED) is 0.342. The summed E-state index contributed by atoms with van der Waals surface area (Å²) < 4.78 is 6.26. The monoisotopic (exact) mass is 592 g/mol. The molecule has 2 amide bonds. The summed E-state index contributed by atoms with van der Waals surface area (Å²) in [6.45, 7) is 8.05. The van der Waals surface area contributed by atoms with Crippen LogP contribution in [0.2, 0.25) is 0 Å². The Balaban J connectivity index is 1.01. The van der Waals surface area contributed by atoms with E-state index in [1.165, 1.54) is 24.8 Å². The number of hydrogen-bond donors (Lipinski definition) is 1. The number of amides is 2. The van der Waals surface area contributed by atoms with Gasteiger partial charge in [-0.3, -0.25) is 14.5 Å². The van der Waals surface area contributed by atoms with Gasteiger partial charge in [-0.15, -0.1) is 0 Å². The van der Waals surface area contributed by atoms with Crippen LogP contribution in [-0.2, 0) is 16.8 Å². The van der Waals surface area contributed by atoms with Crippen LogP contribution in [0.25, 0.3) is 0 Å². The van der Waals surface area contributed by atoms with Crippen LogP contribution in [0.1, 0.15) is 78.9 Å². The van der Waals surface area contributed by atoms with Crippen LogP contribution in [-0.4, -0.2) is 66.9 Å². The molecule has 0 radical (unpaired) electrons. The second-order valence-corrected chi connectivity index (χ2v) is 12.9. The lowest BCUT2D eigenvalue weighted by atomic mass is 9.68. The van der Waals surface area contributed by atoms with E-state index in [0.29, 0.717) is 19.0 Å². The molecule has 7 nitrogen and oxygen atoms in total. The second kappa shape index (κ2) is 12.3. The number of benzene rings is 3. The SMILES string of the molecule is CCNC(=O)C1(CCCN2CCN(c3ccc4c(c3)C(=O)N(C3CCCCC3)C4)CC2)c2ccccc2Oc2ccccc21. The average molecular weight is 593 g/mol. The van der Waals surface area contributed by atoms with Crippen LogP contribution < -0.4 is 15.0 Å². The highest BCUT2D eigenvalue weighted by atomic mass is 16.5. The number of rotatable bonds is 8. The van der Waals surface area contributed by atoms with Crippen LogP contribution in [0.15, 0.2) is 66.7 Å². The molecule has 3 aromatic carbocycles. The fourth-order valence-electron chi connectivity index (χ4n) is 8.01. The number of nitrogens with one attached hydrogen (secondary N) is 1. The summed E-state index contributed by atoms with van der Waals surface area (Å²) in [5.74, 6) is 1.80. The number of likely N-dealkylation sites (N-methyl/N-ethyl adjacent to an activating group) is 1. The summed E-state index contributed by atoms with van der Waals surface area (Å²) in [6.07, 6.45) is 7.67. The first-order chi connectivity index (χ1) is 21.6. The van der Waals surface area contributed by atoms with E-state index >= 15 is 0 Å². The molecule has 3 aromatic rings. The first kappa shape index (κ1) is 28.9.